The van der Waals surface area contributed by atoms with E-state index in [-0.39, 0.29) is 11.4 Å². The summed E-state index contributed by atoms with van der Waals surface area (Å²) in [5.74, 6) is 0.648. The predicted octanol–water partition coefficient (Wildman–Crippen LogP) is 7.58. The van der Waals surface area contributed by atoms with Gasteiger partial charge in [0.05, 0.1) is 30.6 Å². The Kier molecular flexibility index (Phi) is 9.10. The molecule has 3 heterocycles. The molecule has 1 atom stereocenters. The number of nitrogens with zero attached hydrogens (tertiary/aromatic N) is 3. The molecule has 1 saturated heterocycles. The van der Waals surface area contributed by atoms with Crippen molar-refractivity contribution in [3.05, 3.63) is 84.1 Å². The molecule has 1 aliphatic rings. The number of carbonyl (C=O) groups excluding carboxylic acids is 1. The van der Waals surface area contributed by atoms with E-state index in [1.165, 1.54) is 7.11 Å². The van der Waals surface area contributed by atoms with Crippen molar-refractivity contribution >= 4 is 17.4 Å². The van der Waals surface area contributed by atoms with Crippen LogP contribution < -0.4 is 4.90 Å². The topological polar surface area (TPSA) is 85.5 Å². The minimum atomic E-state index is -0.932. The summed E-state index contributed by atoms with van der Waals surface area (Å²) in [6.45, 7) is 17.7. The zero-order valence-corrected chi connectivity index (χ0v) is 27.5. The average Bonchev–Trinajstić information content (AvgIpc) is 3.43. The standard InChI is InChI=1S/C37H45N3O5/c1-9-19-44-37(7)15-17-39(18-16-37)34-32(33(35(42)43-8)45-36(4,5)6)25(3)21-31-38-29(23-40(31)34)27-12-10-11-26(22-27)28-20-24(2)13-14-30(28)41/h9-14,20-23,33,41H,1,15-19H2,2-8H3. The number of piperidine rings is 1. The first-order valence-corrected chi connectivity index (χ1v) is 15.5. The van der Waals surface area contributed by atoms with E-state index in [0.717, 1.165) is 76.5 Å². The van der Waals surface area contributed by atoms with Gasteiger partial charge >= 0.3 is 5.97 Å². The van der Waals surface area contributed by atoms with Gasteiger partial charge in [0, 0.05) is 36.0 Å². The van der Waals surface area contributed by atoms with Gasteiger partial charge in [-0.1, -0.05) is 35.9 Å². The van der Waals surface area contributed by atoms with Gasteiger partial charge in [0.1, 0.15) is 17.2 Å². The number of hydrogen-bond acceptors (Lipinski definition) is 7. The maximum Gasteiger partial charge on any atom is 0.339 e. The number of pyridine rings is 1. The molecule has 45 heavy (non-hydrogen) atoms. The molecule has 4 aromatic rings. The summed E-state index contributed by atoms with van der Waals surface area (Å²) in [6.07, 6.45) is 4.49. The Balaban J connectivity index is 1.66. The van der Waals surface area contributed by atoms with Gasteiger partial charge in [-0.25, -0.2) is 9.78 Å². The molecule has 2 aromatic heterocycles. The van der Waals surface area contributed by atoms with Crippen LogP contribution in [0.25, 0.3) is 28.0 Å². The highest BCUT2D eigenvalue weighted by Gasteiger charge is 2.37. The molecule has 8 heteroatoms. The molecule has 5 rings (SSSR count). The molecule has 1 N–H and O–H groups in total. The van der Waals surface area contributed by atoms with Gasteiger partial charge in [0.25, 0.3) is 0 Å². The second-order valence-electron chi connectivity index (χ2n) is 13.2. The van der Waals surface area contributed by atoms with Crippen LogP contribution in [0.3, 0.4) is 0 Å². The Morgan fingerprint density at radius 1 is 1.11 bits per heavy atom. The molecule has 0 aliphatic carbocycles. The van der Waals surface area contributed by atoms with Crippen LogP contribution in [0.15, 0.2) is 67.4 Å². The number of fused-ring (bicyclic) bond motifs is 1. The highest BCUT2D eigenvalue weighted by atomic mass is 16.6. The van der Waals surface area contributed by atoms with Gasteiger partial charge in [0.15, 0.2) is 6.10 Å². The number of rotatable bonds is 9. The van der Waals surface area contributed by atoms with Crippen molar-refractivity contribution in [2.45, 2.75) is 71.7 Å². The van der Waals surface area contributed by atoms with Crippen molar-refractivity contribution in [1.29, 1.82) is 0 Å². The van der Waals surface area contributed by atoms with Crippen LogP contribution >= 0.6 is 0 Å². The first-order chi connectivity index (χ1) is 21.3. The molecule has 1 unspecified atom stereocenters. The summed E-state index contributed by atoms with van der Waals surface area (Å²) in [5, 5.41) is 10.6. The molecule has 0 radical (unpaired) electrons. The third-order valence-corrected chi connectivity index (χ3v) is 8.41. The number of phenolic OH excluding ortho intramolecular Hbond substituents is 1. The normalized spacial score (nSPS) is 15.7. The van der Waals surface area contributed by atoms with Crippen molar-refractivity contribution < 1.29 is 24.1 Å². The van der Waals surface area contributed by atoms with Gasteiger partial charge in [0.2, 0.25) is 0 Å². The SMILES string of the molecule is C=CCOC1(C)CCN(c2c(C(OC(C)(C)C)C(=O)OC)c(C)cc3nc(-c4cccc(-c5cc(C)ccc5O)c4)cn23)CC1. The molecular formula is C37H45N3O5. The maximum atomic E-state index is 13.3. The third-order valence-electron chi connectivity index (χ3n) is 8.41. The largest absolute Gasteiger partial charge is 0.507 e. The van der Waals surface area contributed by atoms with E-state index in [4.69, 9.17) is 19.2 Å². The van der Waals surface area contributed by atoms with Crippen LogP contribution in [-0.4, -0.2) is 58.5 Å². The summed E-state index contributed by atoms with van der Waals surface area (Å²) in [5.41, 5.74) is 6.01. The van der Waals surface area contributed by atoms with Crippen molar-refractivity contribution in [1.82, 2.24) is 9.38 Å². The molecule has 8 nitrogen and oxygen atoms in total. The molecule has 238 valence electrons. The number of hydrogen-bond donors (Lipinski definition) is 1. The van der Waals surface area contributed by atoms with Crippen molar-refractivity contribution in [3.63, 3.8) is 0 Å². The monoisotopic (exact) mass is 611 g/mol. The highest BCUT2D eigenvalue weighted by molar-refractivity contribution is 5.81. The average molecular weight is 612 g/mol. The first-order valence-electron chi connectivity index (χ1n) is 15.5. The number of phenols is 1. The zero-order chi connectivity index (χ0) is 32.5. The molecule has 0 spiro atoms. The van der Waals surface area contributed by atoms with E-state index >= 15 is 0 Å². The number of anilines is 1. The molecule has 1 fully saturated rings. The van der Waals surface area contributed by atoms with Gasteiger partial charge in [-0.3, -0.25) is 4.40 Å². The van der Waals surface area contributed by atoms with Crippen LogP contribution in [0.1, 0.15) is 63.3 Å². The van der Waals surface area contributed by atoms with Crippen LogP contribution in [0, 0.1) is 13.8 Å². The quantitative estimate of drug-likeness (QED) is 0.154. The zero-order valence-electron chi connectivity index (χ0n) is 27.5. The minimum Gasteiger partial charge on any atom is -0.507 e. The van der Waals surface area contributed by atoms with Crippen LogP contribution in [0.4, 0.5) is 5.82 Å². The molecule has 0 amide bonds. The summed E-state index contributed by atoms with van der Waals surface area (Å²) >= 11 is 0. The van der Waals surface area contributed by atoms with Gasteiger partial charge < -0.3 is 24.2 Å². The lowest BCUT2D eigenvalue weighted by Gasteiger charge is -2.41. The summed E-state index contributed by atoms with van der Waals surface area (Å²) in [6, 6.07) is 15.6. The van der Waals surface area contributed by atoms with Crippen LogP contribution in [-0.2, 0) is 19.0 Å². The fraction of sp³-hybridized carbons (Fsp3) is 0.405. The van der Waals surface area contributed by atoms with Crippen molar-refractivity contribution in [2.75, 3.05) is 31.7 Å². The van der Waals surface area contributed by atoms with Gasteiger partial charge in [-0.2, -0.15) is 0 Å². The molecule has 1 aliphatic heterocycles. The third kappa shape index (κ3) is 6.92. The second-order valence-corrected chi connectivity index (χ2v) is 13.2. The Hall–Kier alpha value is -4.14. The fourth-order valence-corrected chi connectivity index (χ4v) is 6.04. The number of methoxy groups -OCH3 is 1. The van der Waals surface area contributed by atoms with E-state index in [0.29, 0.717) is 6.61 Å². The van der Waals surface area contributed by atoms with E-state index in [1.54, 1.807) is 12.1 Å². The van der Waals surface area contributed by atoms with E-state index in [1.807, 2.05) is 83.3 Å². The Bertz CT molecular complexity index is 1710. The number of aromatic hydroxyl groups is 1. The van der Waals surface area contributed by atoms with E-state index in [2.05, 4.69) is 22.8 Å². The number of imidazole rings is 1. The number of aromatic nitrogens is 2. The van der Waals surface area contributed by atoms with Crippen molar-refractivity contribution in [3.8, 4) is 28.1 Å². The lowest BCUT2D eigenvalue weighted by atomic mass is 9.92. The summed E-state index contributed by atoms with van der Waals surface area (Å²) in [7, 11) is 1.40. The lowest BCUT2D eigenvalue weighted by Crippen LogP contribution is -2.45. The molecule has 0 bridgehead atoms. The Labute approximate surface area is 266 Å². The smallest absolute Gasteiger partial charge is 0.339 e. The number of esters is 1. The molecular weight excluding hydrogens is 566 g/mol. The maximum absolute atomic E-state index is 13.3. The lowest BCUT2D eigenvalue weighted by molar-refractivity contribution is -0.164. The van der Waals surface area contributed by atoms with Crippen molar-refractivity contribution in [2.24, 2.45) is 0 Å². The van der Waals surface area contributed by atoms with Gasteiger partial charge in [-0.15, -0.1) is 6.58 Å². The predicted molar refractivity (Wildman–Crippen MR) is 179 cm³/mol. The Morgan fingerprint density at radius 2 is 1.82 bits per heavy atom. The second kappa shape index (κ2) is 12.7. The van der Waals surface area contributed by atoms with Crippen LogP contribution in [0.5, 0.6) is 5.75 Å². The van der Waals surface area contributed by atoms with E-state index in [9.17, 15) is 9.90 Å². The first kappa shape index (κ1) is 32.3. The molecule has 2 aromatic carbocycles. The number of benzene rings is 2. The van der Waals surface area contributed by atoms with E-state index < -0.39 is 17.7 Å². The summed E-state index contributed by atoms with van der Waals surface area (Å²) in [4.78, 5) is 20.7. The van der Waals surface area contributed by atoms with Gasteiger partial charge in [-0.05, 0) is 89.8 Å². The van der Waals surface area contributed by atoms with Crippen LogP contribution in [0.2, 0.25) is 0 Å². The number of ether oxygens (including phenoxy) is 3. The number of carbonyl (C=O) groups is 1. The Morgan fingerprint density at radius 3 is 2.49 bits per heavy atom. The highest BCUT2D eigenvalue weighted by Crippen LogP contribution is 2.40. The summed E-state index contributed by atoms with van der Waals surface area (Å²) < 4.78 is 19.9. The molecule has 0 saturated carbocycles. The minimum absolute atomic E-state index is 0.233. The number of aryl methyl sites for hydroxylation is 2. The fourth-order valence-electron chi connectivity index (χ4n) is 6.04.